The van der Waals surface area contributed by atoms with Gasteiger partial charge >= 0.3 is 0 Å². The molecule has 0 aliphatic heterocycles. The van der Waals surface area contributed by atoms with Crippen LogP contribution >= 0.6 is 15.9 Å². The molecule has 0 aromatic heterocycles. The molecule has 3 N–H and O–H groups in total. The third-order valence-corrected chi connectivity index (χ3v) is 2.20. The first kappa shape index (κ1) is 11.7. The number of halogens is 1. The summed E-state index contributed by atoms with van der Waals surface area (Å²) in [5.74, 6) is -0.689. The Labute approximate surface area is 96.0 Å². The van der Waals surface area contributed by atoms with E-state index < -0.39 is 5.91 Å². The second-order valence-electron chi connectivity index (χ2n) is 3.02. The summed E-state index contributed by atoms with van der Waals surface area (Å²) in [5, 5.41) is 2.66. The van der Waals surface area contributed by atoms with Gasteiger partial charge < -0.3 is 11.1 Å². The summed E-state index contributed by atoms with van der Waals surface area (Å²) in [4.78, 5) is 21.7. The molecule has 2 amide bonds. The molecule has 80 valence electrons. The van der Waals surface area contributed by atoms with E-state index >= 15 is 0 Å². The van der Waals surface area contributed by atoms with Gasteiger partial charge in [-0.2, -0.15) is 0 Å². The minimum atomic E-state index is -0.473. The number of hydrogen-bond acceptors (Lipinski definition) is 2. The molecule has 0 unspecified atom stereocenters. The number of rotatable bonds is 4. The summed E-state index contributed by atoms with van der Waals surface area (Å²) < 4.78 is 0.884. The van der Waals surface area contributed by atoms with Crippen molar-refractivity contribution in [2.24, 2.45) is 5.73 Å². The van der Waals surface area contributed by atoms with Crippen LogP contribution in [0.25, 0.3) is 0 Å². The van der Waals surface area contributed by atoms with Crippen molar-refractivity contribution >= 4 is 33.4 Å². The summed E-state index contributed by atoms with van der Waals surface area (Å²) >= 11 is 3.29. The van der Waals surface area contributed by atoms with Crippen molar-refractivity contribution in [1.29, 1.82) is 0 Å². The van der Waals surface area contributed by atoms with Crippen LogP contribution in [0.5, 0.6) is 0 Å². The first-order valence-corrected chi connectivity index (χ1v) is 5.21. The topological polar surface area (TPSA) is 72.2 Å². The molecular formula is C10H11BrN2O2. The number of amides is 2. The van der Waals surface area contributed by atoms with Gasteiger partial charge in [-0.05, 0) is 18.2 Å². The third-order valence-electron chi connectivity index (χ3n) is 1.71. The second-order valence-corrected chi connectivity index (χ2v) is 3.94. The van der Waals surface area contributed by atoms with Crippen LogP contribution in [0.1, 0.15) is 12.8 Å². The van der Waals surface area contributed by atoms with Crippen molar-refractivity contribution in [2.75, 3.05) is 5.32 Å². The zero-order chi connectivity index (χ0) is 11.3. The molecule has 1 aromatic rings. The lowest BCUT2D eigenvalue weighted by atomic mass is 10.2. The van der Waals surface area contributed by atoms with Crippen molar-refractivity contribution < 1.29 is 9.59 Å². The summed E-state index contributed by atoms with van der Waals surface area (Å²) in [5.41, 5.74) is 5.63. The number of primary amides is 1. The molecule has 0 spiro atoms. The molecule has 5 heteroatoms. The minimum absolute atomic E-state index is 0.0693. The molecule has 4 nitrogen and oxygen atoms in total. The Morgan fingerprint density at radius 1 is 1.33 bits per heavy atom. The van der Waals surface area contributed by atoms with E-state index in [2.05, 4.69) is 21.2 Å². The maximum Gasteiger partial charge on any atom is 0.224 e. The number of hydrogen-bond donors (Lipinski definition) is 2. The van der Waals surface area contributed by atoms with Crippen LogP contribution < -0.4 is 11.1 Å². The van der Waals surface area contributed by atoms with E-state index in [4.69, 9.17) is 5.73 Å². The highest BCUT2D eigenvalue weighted by molar-refractivity contribution is 9.10. The molecule has 0 atom stereocenters. The lowest BCUT2D eigenvalue weighted by molar-refractivity contribution is -0.122. The van der Waals surface area contributed by atoms with Crippen LogP contribution in [-0.2, 0) is 9.59 Å². The highest BCUT2D eigenvalue weighted by Crippen LogP contribution is 2.15. The number of anilines is 1. The molecular weight excluding hydrogens is 260 g/mol. The maximum atomic E-state index is 11.3. The third kappa shape index (κ3) is 4.60. The Kier molecular flexibility index (Phi) is 4.30. The zero-order valence-electron chi connectivity index (χ0n) is 8.00. The lowest BCUT2D eigenvalue weighted by Crippen LogP contribution is -2.17. The number of carbonyl (C=O) groups is 2. The molecule has 15 heavy (non-hydrogen) atoms. The molecule has 0 aliphatic rings. The van der Waals surface area contributed by atoms with Gasteiger partial charge in [0.2, 0.25) is 11.8 Å². The van der Waals surface area contributed by atoms with Crippen LogP contribution in [0.2, 0.25) is 0 Å². The molecule has 1 rings (SSSR count). The quantitative estimate of drug-likeness (QED) is 0.874. The van der Waals surface area contributed by atoms with Gasteiger partial charge in [-0.15, -0.1) is 0 Å². The minimum Gasteiger partial charge on any atom is -0.370 e. The molecule has 0 saturated carbocycles. The fraction of sp³-hybridized carbons (Fsp3) is 0.200. The molecule has 0 aliphatic carbocycles. The van der Waals surface area contributed by atoms with E-state index in [1.54, 1.807) is 12.1 Å². The first-order valence-electron chi connectivity index (χ1n) is 4.41. The van der Waals surface area contributed by atoms with Crippen molar-refractivity contribution in [3.63, 3.8) is 0 Å². The largest absolute Gasteiger partial charge is 0.370 e. The highest BCUT2D eigenvalue weighted by Gasteiger charge is 2.04. The van der Waals surface area contributed by atoms with E-state index in [0.717, 1.165) is 4.47 Å². The molecule has 0 heterocycles. The van der Waals surface area contributed by atoms with Gasteiger partial charge in [0, 0.05) is 23.0 Å². The van der Waals surface area contributed by atoms with Crippen LogP contribution in [0, 0.1) is 0 Å². The van der Waals surface area contributed by atoms with Crippen LogP contribution in [0.15, 0.2) is 28.7 Å². The number of nitrogens with two attached hydrogens (primary N) is 1. The monoisotopic (exact) mass is 270 g/mol. The van der Waals surface area contributed by atoms with E-state index in [1.807, 2.05) is 12.1 Å². The molecule has 0 bridgehead atoms. The highest BCUT2D eigenvalue weighted by atomic mass is 79.9. The summed E-state index contributed by atoms with van der Waals surface area (Å²) in [6.45, 7) is 0. The van der Waals surface area contributed by atoms with Crippen molar-refractivity contribution in [1.82, 2.24) is 0 Å². The number of carbonyl (C=O) groups excluding carboxylic acids is 2. The molecule has 0 saturated heterocycles. The summed E-state index contributed by atoms with van der Waals surface area (Å²) in [6, 6.07) is 7.22. The van der Waals surface area contributed by atoms with Crippen molar-refractivity contribution in [2.45, 2.75) is 12.8 Å². The molecule has 0 radical (unpaired) electrons. The summed E-state index contributed by atoms with van der Waals surface area (Å²) in [6.07, 6.45) is 0.182. The Morgan fingerprint density at radius 2 is 2.07 bits per heavy atom. The standard InChI is InChI=1S/C10H11BrN2O2/c11-7-2-1-3-8(6-7)13-10(15)5-4-9(12)14/h1-3,6H,4-5H2,(H2,12,14)(H,13,15). The predicted octanol–water partition coefficient (Wildman–Crippen LogP) is 1.65. The second kappa shape index (κ2) is 5.50. The van der Waals surface area contributed by atoms with E-state index in [9.17, 15) is 9.59 Å². The number of nitrogens with one attached hydrogen (secondary N) is 1. The van der Waals surface area contributed by atoms with Crippen LogP contribution in [-0.4, -0.2) is 11.8 Å². The number of benzene rings is 1. The lowest BCUT2D eigenvalue weighted by Gasteiger charge is -2.04. The van der Waals surface area contributed by atoms with E-state index in [1.165, 1.54) is 0 Å². The summed E-state index contributed by atoms with van der Waals surface area (Å²) in [7, 11) is 0. The first-order chi connectivity index (χ1) is 7.08. The van der Waals surface area contributed by atoms with Crippen molar-refractivity contribution in [3.8, 4) is 0 Å². The Morgan fingerprint density at radius 3 is 2.67 bits per heavy atom. The van der Waals surface area contributed by atoms with Crippen LogP contribution in [0.4, 0.5) is 5.69 Å². The van der Waals surface area contributed by atoms with Gasteiger partial charge in [0.25, 0.3) is 0 Å². The van der Waals surface area contributed by atoms with Gasteiger partial charge in [-0.3, -0.25) is 9.59 Å². The Balaban J connectivity index is 2.48. The SMILES string of the molecule is NC(=O)CCC(=O)Nc1cccc(Br)c1. The zero-order valence-corrected chi connectivity index (χ0v) is 9.58. The van der Waals surface area contributed by atoms with Gasteiger partial charge in [-0.1, -0.05) is 22.0 Å². The average molecular weight is 271 g/mol. The fourth-order valence-corrected chi connectivity index (χ4v) is 1.43. The van der Waals surface area contributed by atoms with Crippen molar-refractivity contribution in [3.05, 3.63) is 28.7 Å². The van der Waals surface area contributed by atoms with Gasteiger partial charge in [-0.25, -0.2) is 0 Å². The molecule has 0 fully saturated rings. The maximum absolute atomic E-state index is 11.3. The Hall–Kier alpha value is -1.36. The van der Waals surface area contributed by atoms with E-state index in [-0.39, 0.29) is 18.7 Å². The molecule has 1 aromatic carbocycles. The predicted molar refractivity (Wildman–Crippen MR) is 61.2 cm³/mol. The smallest absolute Gasteiger partial charge is 0.224 e. The Bertz CT molecular complexity index is 379. The van der Waals surface area contributed by atoms with Gasteiger partial charge in [0.1, 0.15) is 0 Å². The van der Waals surface area contributed by atoms with Gasteiger partial charge in [0.05, 0.1) is 0 Å². The normalized spacial score (nSPS) is 9.67. The van der Waals surface area contributed by atoms with Crippen LogP contribution in [0.3, 0.4) is 0 Å². The van der Waals surface area contributed by atoms with Gasteiger partial charge in [0.15, 0.2) is 0 Å². The van der Waals surface area contributed by atoms with E-state index in [0.29, 0.717) is 5.69 Å². The fourth-order valence-electron chi connectivity index (χ4n) is 1.03. The average Bonchev–Trinajstić information content (AvgIpc) is 2.15.